The average molecular weight is 303 g/mol. The van der Waals surface area contributed by atoms with Crippen LogP contribution in [0.25, 0.3) is 0 Å². The van der Waals surface area contributed by atoms with Crippen LogP contribution in [0.15, 0.2) is 8.94 Å². The summed E-state index contributed by atoms with van der Waals surface area (Å²) < 4.78 is 10.8. The third kappa shape index (κ3) is 2.53. The molecule has 0 saturated carbocycles. The van der Waals surface area contributed by atoms with Gasteiger partial charge in [0.05, 0.1) is 5.56 Å². The van der Waals surface area contributed by atoms with Crippen LogP contribution in [-0.2, 0) is 0 Å². The van der Waals surface area contributed by atoms with Gasteiger partial charge in [-0.2, -0.15) is 4.98 Å². The summed E-state index contributed by atoms with van der Waals surface area (Å²) in [5.74, 6) is 3.18. The van der Waals surface area contributed by atoms with E-state index in [9.17, 15) is 4.79 Å². The van der Waals surface area contributed by atoms with Crippen LogP contribution in [0.5, 0.6) is 0 Å². The van der Waals surface area contributed by atoms with Gasteiger partial charge >= 0.3 is 0 Å². The van der Waals surface area contributed by atoms with Gasteiger partial charge in [0.15, 0.2) is 5.82 Å². The minimum atomic E-state index is 0.0620. The number of hydrogen-bond acceptors (Lipinski definition) is 5. The van der Waals surface area contributed by atoms with E-state index in [0.717, 1.165) is 24.2 Å². The van der Waals surface area contributed by atoms with Crippen molar-refractivity contribution in [3.05, 3.63) is 34.4 Å². The standard InChI is InChI=1S/C16H21N3O3/c1-9-10(2)21-11(3)14(9)16(20)19-7-5-13(6-8-19)15-17-12(4)18-22-15/h13H,5-8H2,1-4H3. The van der Waals surface area contributed by atoms with Crippen LogP contribution in [0.4, 0.5) is 0 Å². The first-order chi connectivity index (χ1) is 10.5. The molecule has 6 heteroatoms. The zero-order valence-corrected chi connectivity index (χ0v) is 13.5. The topological polar surface area (TPSA) is 72.4 Å². The molecule has 1 aliphatic rings. The van der Waals surface area contributed by atoms with Crippen molar-refractivity contribution >= 4 is 5.91 Å². The molecule has 0 radical (unpaired) electrons. The van der Waals surface area contributed by atoms with E-state index in [1.165, 1.54) is 0 Å². The maximum absolute atomic E-state index is 12.7. The minimum absolute atomic E-state index is 0.0620. The number of carbonyl (C=O) groups is 1. The van der Waals surface area contributed by atoms with E-state index < -0.39 is 0 Å². The molecular formula is C16H21N3O3. The highest BCUT2D eigenvalue weighted by molar-refractivity contribution is 5.96. The molecular weight excluding hydrogens is 282 g/mol. The maximum atomic E-state index is 12.7. The van der Waals surface area contributed by atoms with Crippen molar-refractivity contribution in [2.24, 2.45) is 0 Å². The number of nitrogens with zero attached hydrogens (tertiary/aromatic N) is 3. The molecule has 0 aliphatic carbocycles. The predicted octanol–water partition coefficient (Wildman–Crippen LogP) is 2.92. The molecule has 0 bridgehead atoms. The van der Waals surface area contributed by atoms with Gasteiger partial charge in [-0.15, -0.1) is 0 Å². The van der Waals surface area contributed by atoms with Gasteiger partial charge in [-0.3, -0.25) is 4.79 Å². The second kappa shape index (κ2) is 5.59. The molecule has 1 fully saturated rings. The Kier molecular flexibility index (Phi) is 3.76. The smallest absolute Gasteiger partial charge is 0.257 e. The number of piperidine rings is 1. The van der Waals surface area contributed by atoms with Crippen LogP contribution in [0.2, 0.25) is 0 Å². The van der Waals surface area contributed by atoms with Crippen molar-refractivity contribution in [3.63, 3.8) is 0 Å². The molecule has 0 N–H and O–H groups in total. The van der Waals surface area contributed by atoms with Crippen molar-refractivity contribution in [1.29, 1.82) is 0 Å². The lowest BCUT2D eigenvalue weighted by Gasteiger charge is -2.30. The molecule has 118 valence electrons. The number of rotatable bonds is 2. The van der Waals surface area contributed by atoms with Crippen LogP contribution in [0, 0.1) is 27.7 Å². The first-order valence-electron chi connectivity index (χ1n) is 7.63. The molecule has 3 rings (SSSR count). The maximum Gasteiger partial charge on any atom is 0.257 e. The lowest BCUT2D eigenvalue weighted by molar-refractivity contribution is 0.0702. The van der Waals surface area contributed by atoms with Crippen molar-refractivity contribution in [2.45, 2.75) is 46.5 Å². The third-order valence-electron chi connectivity index (χ3n) is 4.45. The molecule has 6 nitrogen and oxygen atoms in total. The van der Waals surface area contributed by atoms with Gasteiger partial charge in [0.1, 0.15) is 11.5 Å². The highest BCUT2D eigenvalue weighted by Crippen LogP contribution is 2.29. The van der Waals surface area contributed by atoms with Crippen molar-refractivity contribution in [3.8, 4) is 0 Å². The molecule has 2 aromatic heterocycles. The zero-order valence-electron chi connectivity index (χ0n) is 13.5. The zero-order chi connectivity index (χ0) is 15.9. The lowest BCUT2D eigenvalue weighted by atomic mass is 9.96. The number of aromatic nitrogens is 2. The van der Waals surface area contributed by atoms with Crippen LogP contribution in [0.3, 0.4) is 0 Å². The highest BCUT2D eigenvalue weighted by Gasteiger charge is 2.30. The summed E-state index contributed by atoms with van der Waals surface area (Å²) in [6.07, 6.45) is 1.70. The Morgan fingerprint density at radius 1 is 1.14 bits per heavy atom. The summed E-state index contributed by atoms with van der Waals surface area (Å²) in [4.78, 5) is 18.9. The van der Waals surface area contributed by atoms with Crippen LogP contribution < -0.4 is 0 Å². The molecule has 0 aromatic carbocycles. The number of furan rings is 1. The van der Waals surface area contributed by atoms with Gasteiger partial charge in [-0.25, -0.2) is 0 Å². The SMILES string of the molecule is Cc1noc(C2CCN(C(=O)c3c(C)oc(C)c3C)CC2)n1. The predicted molar refractivity (Wildman–Crippen MR) is 79.8 cm³/mol. The monoisotopic (exact) mass is 303 g/mol. The molecule has 1 amide bonds. The Morgan fingerprint density at radius 2 is 1.82 bits per heavy atom. The number of likely N-dealkylation sites (tertiary alicyclic amines) is 1. The molecule has 3 heterocycles. The minimum Gasteiger partial charge on any atom is -0.466 e. The van der Waals surface area contributed by atoms with Crippen molar-refractivity contribution in [1.82, 2.24) is 15.0 Å². The van der Waals surface area contributed by atoms with E-state index in [1.807, 2.05) is 32.6 Å². The number of hydrogen-bond donors (Lipinski definition) is 0. The summed E-state index contributed by atoms with van der Waals surface area (Å²) in [5.41, 5.74) is 1.65. The largest absolute Gasteiger partial charge is 0.466 e. The first kappa shape index (κ1) is 14.8. The van der Waals surface area contributed by atoms with Gasteiger partial charge in [0, 0.05) is 24.6 Å². The van der Waals surface area contributed by atoms with Crippen molar-refractivity contribution in [2.75, 3.05) is 13.1 Å². The van der Waals surface area contributed by atoms with Gasteiger partial charge in [0.25, 0.3) is 5.91 Å². The second-order valence-corrected chi connectivity index (χ2v) is 5.96. The normalized spacial score (nSPS) is 16.3. The van der Waals surface area contributed by atoms with E-state index in [1.54, 1.807) is 0 Å². The Bertz CT molecular complexity index is 694. The molecule has 22 heavy (non-hydrogen) atoms. The van der Waals surface area contributed by atoms with E-state index in [0.29, 0.717) is 36.1 Å². The fourth-order valence-electron chi connectivity index (χ4n) is 3.07. The third-order valence-corrected chi connectivity index (χ3v) is 4.45. The number of aryl methyl sites for hydroxylation is 3. The van der Waals surface area contributed by atoms with Gasteiger partial charge in [-0.05, 0) is 40.5 Å². The summed E-state index contributed by atoms with van der Waals surface area (Å²) in [6.45, 7) is 8.90. The fourth-order valence-corrected chi connectivity index (χ4v) is 3.07. The quantitative estimate of drug-likeness (QED) is 0.853. The van der Waals surface area contributed by atoms with Crippen LogP contribution in [0.1, 0.15) is 57.9 Å². The van der Waals surface area contributed by atoms with E-state index >= 15 is 0 Å². The van der Waals surface area contributed by atoms with E-state index in [2.05, 4.69) is 10.1 Å². The molecule has 0 spiro atoms. The van der Waals surface area contributed by atoms with Gasteiger partial charge < -0.3 is 13.8 Å². The molecule has 1 saturated heterocycles. The van der Waals surface area contributed by atoms with E-state index in [4.69, 9.17) is 8.94 Å². The molecule has 0 unspecified atom stereocenters. The Balaban J connectivity index is 1.69. The van der Waals surface area contributed by atoms with E-state index in [-0.39, 0.29) is 11.8 Å². The van der Waals surface area contributed by atoms with Crippen LogP contribution >= 0.6 is 0 Å². The summed E-state index contributed by atoms with van der Waals surface area (Å²) in [6, 6.07) is 0. The van der Waals surface area contributed by atoms with Gasteiger partial charge in [-0.1, -0.05) is 5.16 Å². The summed E-state index contributed by atoms with van der Waals surface area (Å²) >= 11 is 0. The number of carbonyl (C=O) groups excluding carboxylic acids is 1. The molecule has 1 aliphatic heterocycles. The second-order valence-electron chi connectivity index (χ2n) is 5.96. The van der Waals surface area contributed by atoms with Gasteiger partial charge in [0.2, 0.25) is 5.89 Å². The Labute approximate surface area is 129 Å². The fraction of sp³-hybridized carbons (Fsp3) is 0.562. The number of amides is 1. The molecule has 2 aromatic rings. The average Bonchev–Trinajstić information content (AvgIpc) is 3.03. The van der Waals surface area contributed by atoms with Crippen molar-refractivity contribution < 1.29 is 13.7 Å². The Hall–Kier alpha value is -2.11. The summed E-state index contributed by atoms with van der Waals surface area (Å²) in [7, 11) is 0. The molecule has 0 atom stereocenters. The Morgan fingerprint density at radius 3 is 2.32 bits per heavy atom. The lowest BCUT2D eigenvalue weighted by Crippen LogP contribution is -2.38. The van der Waals surface area contributed by atoms with Crippen LogP contribution in [-0.4, -0.2) is 34.0 Å². The summed E-state index contributed by atoms with van der Waals surface area (Å²) in [5, 5.41) is 3.84. The highest BCUT2D eigenvalue weighted by atomic mass is 16.5. The first-order valence-corrected chi connectivity index (χ1v) is 7.63.